The van der Waals surface area contributed by atoms with E-state index in [1.54, 1.807) is 6.92 Å². The molecule has 18 heavy (non-hydrogen) atoms. The summed E-state index contributed by atoms with van der Waals surface area (Å²) >= 11 is 0. The number of nitrogens with two attached hydrogens (primary N) is 1. The van der Waals surface area contributed by atoms with Crippen molar-refractivity contribution >= 4 is 5.97 Å². The number of hydrogen-bond acceptors (Lipinski definition) is 4. The molecule has 0 aliphatic heterocycles. The largest absolute Gasteiger partial charge is 0.458 e. The van der Waals surface area contributed by atoms with Crippen molar-refractivity contribution in [3.63, 3.8) is 0 Å². The maximum Gasteiger partial charge on any atom is 0.340 e. The molecular weight excluding hydrogens is 230 g/mol. The molecule has 0 radical (unpaired) electrons. The SMILES string of the molecule is CCC(CC(C)(ON)C(=O)OC(C)(C)C)C(C)C. The van der Waals surface area contributed by atoms with Crippen LogP contribution in [0.1, 0.15) is 61.3 Å². The Morgan fingerprint density at radius 3 is 2.00 bits per heavy atom. The van der Waals surface area contributed by atoms with Gasteiger partial charge in [-0.15, -0.1) is 0 Å². The van der Waals surface area contributed by atoms with Crippen LogP contribution in [0.4, 0.5) is 0 Å². The lowest BCUT2D eigenvalue weighted by Gasteiger charge is -2.33. The molecule has 4 heteroatoms. The van der Waals surface area contributed by atoms with Crippen molar-refractivity contribution < 1.29 is 14.4 Å². The van der Waals surface area contributed by atoms with E-state index in [2.05, 4.69) is 20.8 Å². The highest BCUT2D eigenvalue weighted by Crippen LogP contribution is 2.29. The lowest BCUT2D eigenvalue weighted by molar-refractivity contribution is -0.185. The maximum atomic E-state index is 12.2. The molecule has 0 saturated carbocycles. The number of rotatable bonds is 6. The first kappa shape index (κ1) is 17.4. The lowest BCUT2D eigenvalue weighted by Crippen LogP contribution is -2.46. The van der Waals surface area contributed by atoms with Crippen molar-refractivity contribution in [3.05, 3.63) is 0 Å². The van der Waals surface area contributed by atoms with Gasteiger partial charge in [0.05, 0.1) is 0 Å². The minimum absolute atomic E-state index is 0.381. The number of ether oxygens (including phenoxy) is 1. The molecule has 0 heterocycles. The predicted molar refractivity (Wildman–Crippen MR) is 72.8 cm³/mol. The second kappa shape index (κ2) is 6.53. The third-order valence-electron chi connectivity index (χ3n) is 3.21. The van der Waals surface area contributed by atoms with Gasteiger partial charge in [-0.25, -0.2) is 10.7 Å². The molecule has 2 unspecified atom stereocenters. The van der Waals surface area contributed by atoms with E-state index in [-0.39, 0.29) is 0 Å². The van der Waals surface area contributed by atoms with Crippen LogP contribution in [0.25, 0.3) is 0 Å². The van der Waals surface area contributed by atoms with E-state index in [1.807, 2.05) is 20.8 Å². The average molecular weight is 259 g/mol. The molecule has 0 aromatic carbocycles. The van der Waals surface area contributed by atoms with E-state index in [0.717, 1.165) is 6.42 Å². The molecule has 0 aromatic heterocycles. The smallest absolute Gasteiger partial charge is 0.340 e. The quantitative estimate of drug-likeness (QED) is 0.588. The first-order valence-electron chi connectivity index (χ1n) is 6.67. The molecule has 108 valence electrons. The Bertz CT molecular complexity index is 271. The van der Waals surface area contributed by atoms with E-state index in [9.17, 15) is 4.79 Å². The van der Waals surface area contributed by atoms with Gasteiger partial charge in [-0.2, -0.15) is 0 Å². The van der Waals surface area contributed by atoms with Crippen molar-refractivity contribution in [1.29, 1.82) is 0 Å². The fourth-order valence-corrected chi connectivity index (χ4v) is 1.92. The number of carbonyl (C=O) groups excluding carboxylic acids is 1. The molecule has 0 saturated heterocycles. The molecule has 0 fully saturated rings. The summed E-state index contributed by atoms with van der Waals surface area (Å²) in [5.74, 6) is 5.80. The van der Waals surface area contributed by atoms with E-state index in [4.69, 9.17) is 15.5 Å². The van der Waals surface area contributed by atoms with Gasteiger partial charge in [0.2, 0.25) is 0 Å². The molecule has 0 aliphatic rings. The number of esters is 1. The van der Waals surface area contributed by atoms with Crippen LogP contribution >= 0.6 is 0 Å². The molecule has 0 aromatic rings. The molecule has 4 nitrogen and oxygen atoms in total. The van der Waals surface area contributed by atoms with Crippen LogP contribution in [0.15, 0.2) is 0 Å². The first-order valence-corrected chi connectivity index (χ1v) is 6.67. The van der Waals surface area contributed by atoms with Crippen LogP contribution in [0.2, 0.25) is 0 Å². The fraction of sp³-hybridized carbons (Fsp3) is 0.929. The second-order valence-corrected chi connectivity index (χ2v) is 6.47. The Hall–Kier alpha value is -0.610. The van der Waals surface area contributed by atoms with Gasteiger partial charge in [0.25, 0.3) is 0 Å². The van der Waals surface area contributed by atoms with Crippen LogP contribution in [0.3, 0.4) is 0 Å². The predicted octanol–water partition coefficient (Wildman–Crippen LogP) is 3.05. The standard InChI is InChI=1S/C14H29NO3/c1-8-11(10(2)3)9-14(7,18-15)12(16)17-13(4,5)6/h10-11H,8-9,15H2,1-7H3. The van der Waals surface area contributed by atoms with Gasteiger partial charge in [-0.05, 0) is 46.0 Å². The third kappa shape index (κ3) is 5.36. The summed E-state index contributed by atoms with van der Waals surface area (Å²) in [5, 5.41) is 0. The first-order chi connectivity index (χ1) is 8.05. The zero-order chi connectivity index (χ0) is 14.6. The van der Waals surface area contributed by atoms with Gasteiger partial charge in [-0.3, -0.25) is 4.84 Å². The Morgan fingerprint density at radius 2 is 1.72 bits per heavy atom. The van der Waals surface area contributed by atoms with Gasteiger partial charge in [0.15, 0.2) is 5.60 Å². The molecule has 0 bridgehead atoms. The Balaban J connectivity index is 4.84. The normalized spacial score (nSPS) is 17.4. The second-order valence-electron chi connectivity index (χ2n) is 6.47. The molecule has 0 rings (SSSR count). The minimum atomic E-state index is -1.07. The summed E-state index contributed by atoms with van der Waals surface area (Å²) in [5.41, 5.74) is -1.60. The Morgan fingerprint density at radius 1 is 1.22 bits per heavy atom. The van der Waals surface area contributed by atoms with Crippen molar-refractivity contribution in [2.45, 2.75) is 72.5 Å². The van der Waals surface area contributed by atoms with E-state index in [0.29, 0.717) is 18.3 Å². The highest BCUT2D eigenvalue weighted by molar-refractivity contribution is 5.79. The molecule has 2 N–H and O–H groups in total. The highest BCUT2D eigenvalue weighted by Gasteiger charge is 2.40. The van der Waals surface area contributed by atoms with Gasteiger partial charge < -0.3 is 4.74 Å². The van der Waals surface area contributed by atoms with Crippen molar-refractivity contribution in [2.24, 2.45) is 17.7 Å². The van der Waals surface area contributed by atoms with E-state index in [1.165, 1.54) is 0 Å². The lowest BCUT2D eigenvalue weighted by atomic mass is 9.83. The zero-order valence-electron chi connectivity index (χ0n) is 12.9. The molecular formula is C14H29NO3. The maximum absolute atomic E-state index is 12.2. The van der Waals surface area contributed by atoms with Crippen LogP contribution in [-0.4, -0.2) is 17.2 Å². The van der Waals surface area contributed by atoms with Gasteiger partial charge in [-0.1, -0.05) is 27.2 Å². The molecule has 0 aliphatic carbocycles. The summed E-state index contributed by atoms with van der Waals surface area (Å²) in [6, 6.07) is 0. The molecule has 0 amide bonds. The molecule has 2 atom stereocenters. The van der Waals surface area contributed by atoms with Gasteiger partial charge >= 0.3 is 5.97 Å². The summed E-state index contributed by atoms with van der Waals surface area (Å²) in [4.78, 5) is 17.1. The topological polar surface area (TPSA) is 61.5 Å². The van der Waals surface area contributed by atoms with Crippen LogP contribution < -0.4 is 5.90 Å². The van der Waals surface area contributed by atoms with Crippen molar-refractivity contribution in [1.82, 2.24) is 0 Å². The minimum Gasteiger partial charge on any atom is -0.458 e. The van der Waals surface area contributed by atoms with E-state index < -0.39 is 17.2 Å². The summed E-state index contributed by atoms with van der Waals surface area (Å²) in [6.07, 6.45) is 1.56. The summed E-state index contributed by atoms with van der Waals surface area (Å²) in [7, 11) is 0. The monoisotopic (exact) mass is 259 g/mol. The molecule has 0 spiro atoms. The zero-order valence-corrected chi connectivity index (χ0v) is 12.9. The number of carbonyl (C=O) groups is 1. The average Bonchev–Trinajstić information content (AvgIpc) is 2.22. The summed E-state index contributed by atoms with van der Waals surface area (Å²) < 4.78 is 5.37. The Labute approximate surface area is 111 Å². The van der Waals surface area contributed by atoms with Crippen LogP contribution in [0, 0.1) is 11.8 Å². The van der Waals surface area contributed by atoms with Crippen molar-refractivity contribution in [2.75, 3.05) is 0 Å². The van der Waals surface area contributed by atoms with Gasteiger partial charge in [0, 0.05) is 0 Å². The van der Waals surface area contributed by atoms with Crippen LogP contribution in [-0.2, 0) is 14.4 Å². The number of hydrogen-bond donors (Lipinski definition) is 1. The third-order valence-corrected chi connectivity index (χ3v) is 3.21. The fourth-order valence-electron chi connectivity index (χ4n) is 1.92. The van der Waals surface area contributed by atoms with E-state index >= 15 is 0 Å². The van der Waals surface area contributed by atoms with Crippen LogP contribution in [0.5, 0.6) is 0 Å². The highest BCUT2D eigenvalue weighted by atomic mass is 16.7. The van der Waals surface area contributed by atoms with Crippen molar-refractivity contribution in [3.8, 4) is 0 Å². The summed E-state index contributed by atoms with van der Waals surface area (Å²) in [6.45, 7) is 13.6. The van der Waals surface area contributed by atoms with Gasteiger partial charge in [0.1, 0.15) is 5.60 Å². The Kier molecular flexibility index (Phi) is 6.30.